The number of rotatable bonds is 8. The van der Waals surface area contributed by atoms with Crippen molar-refractivity contribution in [2.45, 2.75) is 28.8 Å². The van der Waals surface area contributed by atoms with Crippen molar-refractivity contribution >= 4 is 46.7 Å². The number of alkyl halides is 2. The van der Waals surface area contributed by atoms with Crippen LogP contribution >= 0.6 is 35.0 Å². The van der Waals surface area contributed by atoms with Crippen LogP contribution in [0.5, 0.6) is 0 Å². The normalized spacial score (nSPS) is 17.4. The van der Waals surface area contributed by atoms with Gasteiger partial charge in [-0.15, -0.1) is 35.0 Å². The van der Waals surface area contributed by atoms with E-state index in [-0.39, 0.29) is 6.03 Å². The number of thioether (sulfide) groups is 1. The first kappa shape index (κ1) is 20.3. The predicted molar refractivity (Wildman–Crippen MR) is 113 cm³/mol. The van der Waals surface area contributed by atoms with E-state index < -0.39 is 4.33 Å². The highest BCUT2D eigenvalue weighted by molar-refractivity contribution is 7.99. The molecule has 0 heterocycles. The predicted octanol–water partition coefficient (Wildman–Crippen LogP) is 5.44. The molecule has 3 rings (SSSR count). The van der Waals surface area contributed by atoms with Crippen LogP contribution in [0.25, 0.3) is 0 Å². The van der Waals surface area contributed by atoms with Gasteiger partial charge in [0.25, 0.3) is 0 Å². The maximum absolute atomic E-state index is 12.3. The Morgan fingerprint density at radius 3 is 2.52 bits per heavy atom. The fraction of sp³-hybridized carbons (Fsp3) is 0.350. The van der Waals surface area contributed by atoms with Gasteiger partial charge in [-0.05, 0) is 29.7 Å². The Morgan fingerprint density at radius 2 is 1.85 bits per heavy atom. The molecule has 144 valence electrons. The van der Waals surface area contributed by atoms with Crippen molar-refractivity contribution in [3.8, 4) is 0 Å². The van der Waals surface area contributed by atoms with E-state index in [9.17, 15) is 4.79 Å². The van der Waals surface area contributed by atoms with Crippen molar-refractivity contribution in [2.24, 2.45) is 5.92 Å². The number of halogens is 2. The van der Waals surface area contributed by atoms with E-state index in [4.69, 9.17) is 27.9 Å². The Balaban J connectivity index is 1.50. The minimum atomic E-state index is -0.578. The van der Waals surface area contributed by atoms with E-state index >= 15 is 0 Å². The number of carbonyl (C=O) groups excluding carboxylic acids is 1. The van der Waals surface area contributed by atoms with Gasteiger partial charge >= 0.3 is 6.03 Å². The van der Waals surface area contributed by atoms with E-state index in [1.54, 1.807) is 18.9 Å². The van der Waals surface area contributed by atoms with Crippen LogP contribution in [0.4, 0.5) is 10.5 Å². The van der Waals surface area contributed by atoms with Crippen molar-refractivity contribution in [2.75, 3.05) is 18.2 Å². The minimum absolute atomic E-state index is 0.237. The Bertz CT molecular complexity index is 784. The number of urea groups is 1. The lowest BCUT2D eigenvalue weighted by Gasteiger charge is -2.12. The molecule has 1 unspecified atom stereocenters. The molecule has 1 saturated carbocycles. The monoisotopic (exact) mass is 424 g/mol. The van der Waals surface area contributed by atoms with E-state index in [1.165, 1.54) is 0 Å². The summed E-state index contributed by atoms with van der Waals surface area (Å²) in [6.07, 6.45) is 0.822. The van der Waals surface area contributed by atoms with Gasteiger partial charge in [-0.2, -0.15) is 0 Å². The number of amides is 2. The van der Waals surface area contributed by atoms with E-state index in [0.717, 1.165) is 33.9 Å². The molecule has 7 heteroatoms. The van der Waals surface area contributed by atoms with Gasteiger partial charge in [0.05, 0.1) is 12.3 Å². The molecule has 2 aromatic carbocycles. The second-order valence-electron chi connectivity index (χ2n) is 6.53. The van der Waals surface area contributed by atoms with Gasteiger partial charge in [0, 0.05) is 30.2 Å². The smallest absolute Gasteiger partial charge is 0.319 e. The molecule has 0 aromatic heterocycles. The zero-order valence-electron chi connectivity index (χ0n) is 15.0. The first-order chi connectivity index (χ1) is 13.0. The first-order valence-electron chi connectivity index (χ1n) is 8.69. The summed E-state index contributed by atoms with van der Waals surface area (Å²) in [4.78, 5) is 13.3. The van der Waals surface area contributed by atoms with E-state index in [2.05, 4.69) is 10.6 Å². The summed E-state index contributed by atoms with van der Waals surface area (Å²) < 4.78 is 4.52. The molecule has 0 saturated heterocycles. The minimum Gasteiger partial charge on any atom is -0.380 e. The number of benzene rings is 2. The van der Waals surface area contributed by atoms with Gasteiger partial charge < -0.3 is 15.4 Å². The van der Waals surface area contributed by atoms with Gasteiger partial charge in [-0.1, -0.05) is 36.4 Å². The van der Waals surface area contributed by atoms with Crippen molar-refractivity contribution in [1.29, 1.82) is 0 Å². The molecule has 0 aliphatic heterocycles. The highest BCUT2D eigenvalue weighted by Crippen LogP contribution is 2.55. The van der Waals surface area contributed by atoms with Gasteiger partial charge in [-0.3, -0.25) is 0 Å². The third-order valence-corrected chi connectivity index (χ3v) is 6.48. The SMILES string of the molecule is COCc1ccc(CNC(=O)Nc2ccccc2SCC2CC2(Cl)Cl)cc1. The van der Waals surface area contributed by atoms with Crippen molar-refractivity contribution in [3.05, 3.63) is 59.7 Å². The second-order valence-corrected chi connectivity index (χ2v) is 9.13. The van der Waals surface area contributed by atoms with E-state index in [0.29, 0.717) is 19.1 Å². The fourth-order valence-electron chi connectivity index (χ4n) is 2.61. The average molecular weight is 425 g/mol. The molecule has 2 N–H and O–H groups in total. The molecule has 1 aliphatic carbocycles. The zero-order chi connectivity index (χ0) is 19.3. The molecule has 1 aliphatic rings. The van der Waals surface area contributed by atoms with E-state index in [1.807, 2.05) is 48.5 Å². The number of para-hydroxylation sites is 1. The molecule has 2 aromatic rings. The highest BCUT2D eigenvalue weighted by atomic mass is 35.5. The maximum atomic E-state index is 12.3. The molecule has 0 radical (unpaired) electrons. The third kappa shape index (κ3) is 6.04. The lowest BCUT2D eigenvalue weighted by molar-refractivity contribution is 0.185. The van der Waals surface area contributed by atoms with Crippen LogP contribution < -0.4 is 10.6 Å². The van der Waals surface area contributed by atoms with Gasteiger partial charge in [0.2, 0.25) is 0 Å². The molecule has 27 heavy (non-hydrogen) atoms. The summed E-state index contributed by atoms with van der Waals surface area (Å²) in [6.45, 7) is 1.04. The molecule has 0 spiro atoms. The standard InChI is InChI=1S/C20H22Cl2N2O2S/c1-26-12-15-8-6-14(7-9-15)11-23-19(25)24-17-4-2-3-5-18(17)27-13-16-10-20(16,21)22/h2-9,16H,10-13H2,1H3,(H2,23,24,25). The summed E-state index contributed by atoms with van der Waals surface area (Å²) in [5.41, 5.74) is 2.91. The average Bonchev–Trinajstić information content (AvgIpc) is 3.27. The summed E-state index contributed by atoms with van der Waals surface area (Å²) in [6, 6.07) is 15.5. The number of anilines is 1. The molecule has 2 amide bonds. The molecule has 0 bridgehead atoms. The van der Waals surface area contributed by atoms with Crippen LogP contribution in [0.2, 0.25) is 0 Å². The van der Waals surface area contributed by atoms with Gasteiger partial charge in [-0.25, -0.2) is 4.79 Å². The molecule has 1 fully saturated rings. The summed E-state index contributed by atoms with van der Waals surface area (Å²) in [5.74, 6) is 1.13. The quantitative estimate of drug-likeness (QED) is 0.437. The fourth-order valence-corrected chi connectivity index (χ4v) is 4.55. The number of carbonyl (C=O) groups is 1. The van der Waals surface area contributed by atoms with Gasteiger partial charge in [0.1, 0.15) is 4.33 Å². The first-order valence-corrected chi connectivity index (χ1v) is 10.4. The zero-order valence-corrected chi connectivity index (χ0v) is 17.3. The number of hydrogen-bond donors (Lipinski definition) is 2. The highest BCUT2D eigenvalue weighted by Gasteiger charge is 2.51. The lowest BCUT2D eigenvalue weighted by Crippen LogP contribution is -2.28. The second kappa shape index (κ2) is 9.20. The number of nitrogens with one attached hydrogen (secondary N) is 2. The Labute approximate surface area is 174 Å². The summed E-state index contributed by atoms with van der Waals surface area (Å²) in [7, 11) is 1.67. The summed E-state index contributed by atoms with van der Waals surface area (Å²) in [5, 5.41) is 5.80. The Kier molecular flexibility index (Phi) is 6.93. The number of hydrogen-bond acceptors (Lipinski definition) is 3. The van der Waals surface area contributed by atoms with Crippen LogP contribution in [0.15, 0.2) is 53.4 Å². The topological polar surface area (TPSA) is 50.4 Å². The lowest BCUT2D eigenvalue weighted by atomic mass is 10.1. The van der Waals surface area contributed by atoms with Crippen LogP contribution in [-0.2, 0) is 17.9 Å². The maximum Gasteiger partial charge on any atom is 0.319 e. The molecule has 1 atom stereocenters. The van der Waals surface area contributed by atoms with Crippen LogP contribution in [0.3, 0.4) is 0 Å². The molecular formula is C20H22Cl2N2O2S. The van der Waals surface area contributed by atoms with Crippen molar-refractivity contribution < 1.29 is 9.53 Å². The van der Waals surface area contributed by atoms with Crippen LogP contribution in [0.1, 0.15) is 17.5 Å². The van der Waals surface area contributed by atoms with Crippen molar-refractivity contribution in [3.63, 3.8) is 0 Å². The number of ether oxygens (including phenoxy) is 1. The van der Waals surface area contributed by atoms with Gasteiger partial charge in [0.15, 0.2) is 0 Å². The van der Waals surface area contributed by atoms with Crippen LogP contribution in [-0.4, -0.2) is 23.2 Å². The third-order valence-electron chi connectivity index (χ3n) is 4.32. The molecule has 4 nitrogen and oxygen atoms in total. The van der Waals surface area contributed by atoms with Crippen LogP contribution in [0, 0.1) is 5.92 Å². The summed E-state index contributed by atoms with van der Waals surface area (Å²) >= 11 is 13.8. The Morgan fingerprint density at radius 1 is 1.19 bits per heavy atom. The van der Waals surface area contributed by atoms with Crippen molar-refractivity contribution in [1.82, 2.24) is 5.32 Å². The number of methoxy groups -OCH3 is 1. The Hall–Kier alpha value is -1.40. The largest absolute Gasteiger partial charge is 0.380 e. The molecular weight excluding hydrogens is 403 g/mol.